The Kier molecular flexibility index (Phi) is 4.93. The molecule has 0 aliphatic carbocycles. The van der Waals surface area contributed by atoms with E-state index in [1.54, 1.807) is 18.5 Å². The average molecular weight is 299 g/mol. The van der Waals surface area contributed by atoms with Crippen molar-refractivity contribution in [1.82, 2.24) is 24.7 Å². The van der Waals surface area contributed by atoms with E-state index in [1.807, 2.05) is 6.92 Å². The molecule has 0 aromatic carbocycles. The Morgan fingerprint density at radius 1 is 1.24 bits per heavy atom. The maximum absolute atomic E-state index is 12.3. The second kappa shape index (κ2) is 6.88. The predicted octanol–water partition coefficient (Wildman–Crippen LogP) is 0.527. The number of halogens is 2. The molecule has 0 aliphatic rings. The third-order valence-corrected chi connectivity index (χ3v) is 2.43. The minimum absolute atomic E-state index is 0.0751. The molecule has 21 heavy (non-hydrogen) atoms. The van der Waals surface area contributed by atoms with Crippen LogP contribution in [0.15, 0.2) is 18.5 Å². The van der Waals surface area contributed by atoms with Gasteiger partial charge in [0, 0.05) is 25.5 Å². The van der Waals surface area contributed by atoms with Crippen LogP contribution in [0.25, 0.3) is 5.95 Å². The molecule has 2 heterocycles. The Morgan fingerprint density at radius 3 is 2.52 bits per heavy atom. The fourth-order valence-electron chi connectivity index (χ4n) is 1.46. The molecule has 0 saturated carbocycles. The summed E-state index contributed by atoms with van der Waals surface area (Å²) in [5, 5.41) is 18.5. The highest BCUT2D eigenvalue weighted by atomic mass is 19.3. The highest BCUT2D eigenvalue weighted by molar-refractivity contribution is 5.37. The number of hydrogen-bond acceptors (Lipinski definition) is 7. The van der Waals surface area contributed by atoms with E-state index in [1.165, 1.54) is 4.68 Å². The lowest BCUT2D eigenvalue weighted by atomic mass is 10.4. The second-order valence-electron chi connectivity index (χ2n) is 4.05. The van der Waals surface area contributed by atoms with E-state index in [-0.39, 0.29) is 24.4 Å². The predicted molar refractivity (Wildman–Crippen MR) is 71.6 cm³/mol. The normalized spacial score (nSPS) is 12.4. The fraction of sp³-hybridized carbons (Fsp3) is 0.455. The largest absolute Gasteiger partial charge is 0.385 e. The first-order valence-corrected chi connectivity index (χ1v) is 6.30. The first kappa shape index (κ1) is 15.0. The third-order valence-electron chi connectivity index (χ3n) is 2.43. The van der Waals surface area contributed by atoms with E-state index in [4.69, 9.17) is 5.11 Å². The molecule has 3 N–H and O–H groups in total. The molecule has 2 rings (SSSR count). The maximum Gasteiger partial charge on any atom is 0.265 e. The lowest BCUT2D eigenvalue weighted by molar-refractivity contribution is 0.00376. The minimum atomic E-state index is -2.84. The van der Waals surface area contributed by atoms with Crippen molar-refractivity contribution in [3.8, 4) is 5.95 Å². The van der Waals surface area contributed by atoms with Crippen LogP contribution in [-0.2, 0) is 0 Å². The van der Waals surface area contributed by atoms with E-state index in [2.05, 4.69) is 30.7 Å². The number of hydrogen-bond donors (Lipinski definition) is 3. The Hall–Kier alpha value is -2.36. The summed E-state index contributed by atoms with van der Waals surface area (Å²) in [4.78, 5) is 12.2. The van der Waals surface area contributed by atoms with Gasteiger partial charge in [-0.15, -0.1) is 0 Å². The summed E-state index contributed by atoms with van der Waals surface area (Å²) in [6, 6.07) is 1.70. The van der Waals surface area contributed by atoms with Gasteiger partial charge in [0.2, 0.25) is 11.9 Å². The molecular formula is C11H15F2N7O. The van der Waals surface area contributed by atoms with Crippen molar-refractivity contribution in [3.63, 3.8) is 0 Å². The van der Waals surface area contributed by atoms with Crippen molar-refractivity contribution < 1.29 is 13.9 Å². The lowest BCUT2D eigenvalue weighted by Gasteiger charge is -2.12. The SMILES string of the molecule is CCNc1nc(NCC(O)C(F)F)nc(-n2cccn2)n1. The standard InChI is InChI=1S/C11H15F2N7O/c1-2-14-9-17-10(15-6-7(21)8(12)13)19-11(18-9)20-5-3-4-16-20/h3-5,7-8,21H,2,6H2,1H3,(H2,14,15,17,18,19). The van der Waals surface area contributed by atoms with Crippen LogP contribution in [0.1, 0.15) is 6.92 Å². The molecular weight excluding hydrogens is 284 g/mol. The number of aromatic nitrogens is 5. The number of alkyl halides is 2. The van der Waals surface area contributed by atoms with Crippen LogP contribution in [0.2, 0.25) is 0 Å². The molecule has 10 heteroatoms. The number of aliphatic hydroxyl groups excluding tert-OH is 1. The van der Waals surface area contributed by atoms with Gasteiger partial charge in [0.15, 0.2) is 0 Å². The maximum atomic E-state index is 12.3. The first-order valence-electron chi connectivity index (χ1n) is 6.30. The summed E-state index contributed by atoms with van der Waals surface area (Å²) in [5.41, 5.74) is 0. The smallest absolute Gasteiger partial charge is 0.265 e. The fourth-order valence-corrected chi connectivity index (χ4v) is 1.46. The molecule has 2 aromatic rings. The zero-order chi connectivity index (χ0) is 15.2. The molecule has 0 spiro atoms. The Bertz CT molecular complexity index is 564. The summed E-state index contributed by atoms with van der Waals surface area (Å²) in [6.07, 6.45) is -1.43. The van der Waals surface area contributed by atoms with Crippen LogP contribution in [0.5, 0.6) is 0 Å². The third kappa shape index (κ3) is 4.05. The van der Waals surface area contributed by atoms with Gasteiger partial charge in [-0.05, 0) is 13.0 Å². The van der Waals surface area contributed by atoms with Crippen LogP contribution in [0, 0.1) is 0 Å². The average Bonchev–Trinajstić information content (AvgIpc) is 2.99. The summed E-state index contributed by atoms with van der Waals surface area (Å²) >= 11 is 0. The summed E-state index contributed by atoms with van der Waals surface area (Å²) < 4.78 is 25.9. The highest BCUT2D eigenvalue weighted by Crippen LogP contribution is 2.09. The van der Waals surface area contributed by atoms with Crippen LogP contribution in [0.3, 0.4) is 0 Å². The molecule has 0 aliphatic heterocycles. The number of aliphatic hydroxyl groups is 1. The van der Waals surface area contributed by atoms with Crippen molar-refractivity contribution in [2.45, 2.75) is 19.5 Å². The first-order chi connectivity index (χ1) is 10.1. The van der Waals surface area contributed by atoms with Crippen LogP contribution in [0.4, 0.5) is 20.7 Å². The number of nitrogens with zero attached hydrogens (tertiary/aromatic N) is 5. The highest BCUT2D eigenvalue weighted by Gasteiger charge is 2.17. The van der Waals surface area contributed by atoms with Gasteiger partial charge in [-0.1, -0.05) is 0 Å². The zero-order valence-corrected chi connectivity index (χ0v) is 11.2. The zero-order valence-electron chi connectivity index (χ0n) is 11.2. The minimum Gasteiger partial charge on any atom is -0.385 e. The van der Waals surface area contributed by atoms with Crippen molar-refractivity contribution >= 4 is 11.9 Å². The quantitative estimate of drug-likeness (QED) is 0.685. The van der Waals surface area contributed by atoms with Gasteiger partial charge in [-0.3, -0.25) is 0 Å². The molecule has 0 saturated heterocycles. The molecule has 0 bridgehead atoms. The summed E-state index contributed by atoms with van der Waals surface area (Å²) in [5.74, 6) is 0.596. The van der Waals surface area contributed by atoms with Crippen LogP contribution < -0.4 is 10.6 Å². The molecule has 2 aromatic heterocycles. The Balaban J connectivity index is 2.19. The lowest BCUT2D eigenvalue weighted by Crippen LogP contribution is -2.27. The topological polar surface area (TPSA) is 101 Å². The van der Waals surface area contributed by atoms with Gasteiger partial charge in [-0.25, -0.2) is 13.5 Å². The molecule has 1 atom stereocenters. The van der Waals surface area contributed by atoms with E-state index in [9.17, 15) is 8.78 Å². The molecule has 0 radical (unpaired) electrons. The summed E-state index contributed by atoms with van der Waals surface area (Å²) in [7, 11) is 0. The van der Waals surface area contributed by atoms with Gasteiger partial charge in [-0.2, -0.15) is 20.1 Å². The van der Waals surface area contributed by atoms with Crippen molar-refractivity contribution in [2.75, 3.05) is 23.7 Å². The van der Waals surface area contributed by atoms with E-state index < -0.39 is 12.5 Å². The Morgan fingerprint density at radius 2 is 1.95 bits per heavy atom. The number of rotatable bonds is 7. The number of nitrogens with one attached hydrogen (secondary N) is 2. The molecule has 0 fully saturated rings. The van der Waals surface area contributed by atoms with Gasteiger partial charge in [0.25, 0.3) is 12.4 Å². The van der Waals surface area contributed by atoms with Crippen molar-refractivity contribution in [2.24, 2.45) is 0 Å². The second-order valence-corrected chi connectivity index (χ2v) is 4.05. The molecule has 114 valence electrons. The monoisotopic (exact) mass is 299 g/mol. The van der Waals surface area contributed by atoms with Gasteiger partial charge >= 0.3 is 0 Å². The van der Waals surface area contributed by atoms with Gasteiger partial charge in [0.1, 0.15) is 6.10 Å². The van der Waals surface area contributed by atoms with Crippen LogP contribution in [-0.4, -0.2) is 55.5 Å². The van der Waals surface area contributed by atoms with E-state index in [0.29, 0.717) is 6.54 Å². The molecule has 0 amide bonds. The Labute approximate surface area is 119 Å². The van der Waals surface area contributed by atoms with Crippen molar-refractivity contribution in [3.05, 3.63) is 18.5 Å². The van der Waals surface area contributed by atoms with Crippen LogP contribution >= 0.6 is 0 Å². The summed E-state index contributed by atoms with van der Waals surface area (Å²) in [6.45, 7) is 2.08. The van der Waals surface area contributed by atoms with Crippen molar-refractivity contribution in [1.29, 1.82) is 0 Å². The number of anilines is 2. The molecule has 8 nitrogen and oxygen atoms in total. The van der Waals surface area contributed by atoms with E-state index >= 15 is 0 Å². The van der Waals surface area contributed by atoms with Gasteiger partial charge < -0.3 is 15.7 Å². The van der Waals surface area contributed by atoms with E-state index in [0.717, 1.165) is 0 Å². The van der Waals surface area contributed by atoms with Gasteiger partial charge in [0.05, 0.1) is 0 Å². The molecule has 1 unspecified atom stereocenters.